The van der Waals surface area contributed by atoms with Gasteiger partial charge >= 0.3 is 0 Å². The Morgan fingerprint density at radius 1 is 1.47 bits per heavy atom. The van der Waals surface area contributed by atoms with Gasteiger partial charge in [0.1, 0.15) is 0 Å². The molecular weight excluding hydrogens is 216 g/mol. The Hall–Kier alpha value is -0.610. The second kappa shape index (κ2) is 6.36. The van der Waals surface area contributed by atoms with E-state index in [0.717, 1.165) is 19.4 Å². The van der Waals surface area contributed by atoms with Crippen LogP contribution in [0.4, 0.5) is 0 Å². The largest absolute Gasteiger partial charge is 0.383 e. The lowest BCUT2D eigenvalue weighted by atomic mass is 9.95. The number of rotatable bonds is 6. The number of methoxy groups -OCH3 is 1. The van der Waals surface area contributed by atoms with E-state index in [1.807, 2.05) is 6.92 Å². The molecule has 1 aliphatic heterocycles. The first-order chi connectivity index (χ1) is 8.01. The molecule has 1 amide bonds. The third-order valence-corrected chi connectivity index (χ3v) is 3.77. The van der Waals surface area contributed by atoms with Crippen molar-refractivity contribution in [3.8, 4) is 0 Å². The molecule has 0 spiro atoms. The molecular formula is C13H26N2O2. The Labute approximate surface area is 104 Å². The average molecular weight is 242 g/mol. The predicted molar refractivity (Wildman–Crippen MR) is 68.9 cm³/mol. The van der Waals surface area contributed by atoms with Crippen LogP contribution in [0.25, 0.3) is 0 Å². The van der Waals surface area contributed by atoms with E-state index in [1.54, 1.807) is 7.11 Å². The molecule has 1 aliphatic rings. The molecule has 1 saturated heterocycles. The van der Waals surface area contributed by atoms with Crippen LogP contribution in [0.1, 0.15) is 33.6 Å². The molecule has 1 heterocycles. The van der Waals surface area contributed by atoms with Crippen molar-refractivity contribution in [3.63, 3.8) is 0 Å². The highest BCUT2D eigenvalue weighted by atomic mass is 16.5. The van der Waals surface area contributed by atoms with Crippen LogP contribution < -0.4 is 10.6 Å². The highest BCUT2D eigenvalue weighted by Crippen LogP contribution is 2.19. The highest BCUT2D eigenvalue weighted by molar-refractivity contribution is 5.78. The third-order valence-electron chi connectivity index (χ3n) is 3.77. The Morgan fingerprint density at radius 2 is 2.18 bits per heavy atom. The maximum Gasteiger partial charge on any atom is 0.223 e. The number of hydrogen-bond donors (Lipinski definition) is 2. The molecule has 4 nitrogen and oxygen atoms in total. The minimum Gasteiger partial charge on any atom is -0.383 e. The van der Waals surface area contributed by atoms with Crippen molar-refractivity contribution in [2.75, 3.05) is 26.8 Å². The summed E-state index contributed by atoms with van der Waals surface area (Å²) in [7, 11) is 1.71. The summed E-state index contributed by atoms with van der Waals surface area (Å²) in [4.78, 5) is 11.9. The zero-order valence-corrected chi connectivity index (χ0v) is 11.5. The Bertz CT molecular complexity index is 248. The van der Waals surface area contributed by atoms with E-state index in [1.165, 1.54) is 0 Å². The molecule has 4 heteroatoms. The standard InChI is InChI=1S/C13H26N2O2/c1-10(2)11(3)12(16)14-8-13(9-17-4)6-5-7-15-13/h10-11,15H,5-9H2,1-4H3,(H,14,16). The van der Waals surface area contributed by atoms with Crippen molar-refractivity contribution in [3.05, 3.63) is 0 Å². The molecule has 2 unspecified atom stereocenters. The Balaban J connectivity index is 2.44. The molecule has 0 aromatic heterocycles. The van der Waals surface area contributed by atoms with Crippen LogP contribution in [0.2, 0.25) is 0 Å². The Kier molecular flexibility index (Phi) is 5.40. The molecule has 0 bridgehead atoms. The number of nitrogens with one attached hydrogen (secondary N) is 2. The predicted octanol–water partition coefficient (Wildman–Crippen LogP) is 1.16. The molecule has 2 atom stereocenters. The first-order valence-electron chi connectivity index (χ1n) is 6.52. The van der Waals surface area contributed by atoms with Crippen molar-refractivity contribution in [1.82, 2.24) is 10.6 Å². The fraction of sp³-hybridized carbons (Fsp3) is 0.923. The second-order valence-corrected chi connectivity index (χ2v) is 5.49. The second-order valence-electron chi connectivity index (χ2n) is 5.49. The fourth-order valence-corrected chi connectivity index (χ4v) is 2.19. The lowest BCUT2D eigenvalue weighted by Crippen LogP contribution is -2.53. The maximum atomic E-state index is 11.9. The number of hydrogen-bond acceptors (Lipinski definition) is 3. The van der Waals surface area contributed by atoms with Crippen molar-refractivity contribution in [2.24, 2.45) is 11.8 Å². The van der Waals surface area contributed by atoms with E-state index < -0.39 is 0 Å². The van der Waals surface area contributed by atoms with Crippen molar-refractivity contribution in [1.29, 1.82) is 0 Å². The van der Waals surface area contributed by atoms with Gasteiger partial charge in [-0.15, -0.1) is 0 Å². The number of ether oxygens (including phenoxy) is 1. The number of carbonyl (C=O) groups is 1. The summed E-state index contributed by atoms with van der Waals surface area (Å²) in [5.41, 5.74) is -0.0545. The average Bonchev–Trinajstić information content (AvgIpc) is 2.74. The molecule has 0 aromatic rings. The van der Waals surface area contributed by atoms with Crippen LogP contribution in [0, 0.1) is 11.8 Å². The van der Waals surface area contributed by atoms with E-state index in [4.69, 9.17) is 4.74 Å². The maximum absolute atomic E-state index is 11.9. The first-order valence-corrected chi connectivity index (χ1v) is 6.52. The van der Waals surface area contributed by atoms with E-state index >= 15 is 0 Å². The SMILES string of the molecule is COCC1(CNC(=O)C(C)C(C)C)CCCN1. The molecule has 2 N–H and O–H groups in total. The zero-order valence-electron chi connectivity index (χ0n) is 11.5. The van der Waals surface area contributed by atoms with Gasteiger partial charge in [-0.25, -0.2) is 0 Å². The molecule has 0 radical (unpaired) electrons. The molecule has 100 valence electrons. The molecule has 1 rings (SSSR count). The minimum atomic E-state index is -0.0545. The summed E-state index contributed by atoms with van der Waals surface area (Å²) in [5.74, 6) is 0.588. The van der Waals surface area contributed by atoms with Gasteiger partial charge in [0.2, 0.25) is 5.91 Å². The molecule has 0 aromatic carbocycles. The third kappa shape index (κ3) is 3.96. The van der Waals surface area contributed by atoms with Crippen LogP contribution >= 0.6 is 0 Å². The summed E-state index contributed by atoms with van der Waals surface area (Å²) < 4.78 is 5.26. The highest BCUT2D eigenvalue weighted by Gasteiger charge is 2.34. The van der Waals surface area contributed by atoms with Crippen molar-refractivity contribution in [2.45, 2.75) is 39.2 Å². The first kappa shape index (κ1) is 14.5. The van der Waals surface area contributed by atoms with Gasteiger partial charge in [-0.2, -0.15) is 0 Å². The lowest BCUT2D eigenvalue weighted by molar-refractivity contribution is -0.126. The van der Waals surface area contributed by atoms with E-state index in [-0.39, 0.29) is 17.4 Å². The lowest BCUT2D eigenvalue weighted by Gasteiger charge is -2.29. The van der Waals surface area contributed by atoms with Gasteiger partial charge in [0.15, 0.2) is 0 Å². The summed E-state index contributed by atoms with van der Waals surface area (Å²) in [5, 5.41) is 6.50. The van der Waals surface area contributed by atoms with Crippen LogP contribution in [0.15, 0.2) is 0 Å². The normalized spacial score (nSPS) is 26.2. The molecule has 17 heavy (non-hydrogen) atoms. The number of carbonyl (C=O) groups excluding carboxylic acids is 1. The van der Waals surface area contributed by atoms with Crippen LogP contribution in [0.5, 0.6) is 0 Å². The van der Waals surface area contributed by atoms with Crippen LogP contribution in [0.3, 0.4) is 0 Å². The molecule has 0 saturated carbocycles. The van der Waals surface area contributed by atoms with E-state index in [0.29, 0.717) is 19.1 Å². The van der Waals surface area contributed by atoms with E-state index in [9.17, 15) is 4.79 Å². The van der Waals surface area contributed by atoms with Crippen LogP contribution in [-0.2, 0) is 9.53 Å². The fourth-order valence-electron chi connectivity index (χ4n) is 2.19. The summed E-state index contributed by atoms with van der Waals surface area (Å²) >= 11 is 0. The van der Waals surface area contributed by atoms with Gasteiger partial charge in [0.05, 0.1) is 12.1 Å². The minimum absolute atomic E-state index is 0.0545. The van der Waals surface area contributed by atoms with Gasteiger partial charge in [-0.05, 0) is 25.3 Å². The van der Waals surface area contributed by atoms with Crippen molar-refractivity contribution >= 4 is 5.91 Å². The van der Waals surface area contributed by atoms with Crippen molar-refractivity contribution < 1.29 is 9.53 Å². The van der Waals surface area contributed by atoms with Gasteiger partial charge < -0.3 is 15.4 Å². The van der Waals surface area contributed by atoms with Crippen LogP contribution in [-0.4, -0.2) is 38.3 Å². The van der Waals surface area contributed by atoms with Gasteiger partial charge in [-0.1, -0.05) is 20.8 Å². The topological polar surface area (TPSA) is 50.4 Å². The summed E-state index contributed by atoms with van der Waals surface area (Å²) in [6.45, 7) is 8.45. The molecule has 0 aliphatic carbocycles. The summed E-state index contributed by atoms with van der Waals surface area (Å²) in [6.07, 6.45) is 2.22. The number of amides is 1. The monoisotopic (exact) mass is 242 g/mol. The molecule has 1 fully saturated rings. The summed E-state index contributed by atoms with van der Waals surface area (Å²) in [6, 6.07) is 0. The van der Waals surface area contributed by atoms with E-state index in [2.05, 4.69) is 24.5 Å². The smallest absolute Gasteiger partial charge is 0.223 e. The van der Waals surface area contributed by atoms with Gasteiger partial charge in [0.25, 0.3) is 0 Å². The van der Waals surface area contributed by atoms with Gasteiger partial charge in [0, 0.05) is 19.6 Å². The quantitative estimate of drug-likeness (QED) is 0.735. The Morgan fingerprint density at radius 3 is 2.65 bits per heavy atom. The zero-order chi connectivity index (χ0) is 12.9. The van der Waals surface area contributed by atoms with Gasteiger partial charge in [-0.3, -0.25) is 4.79 Å².